The van der Waals surface area contributed by atoms with E-state index in [1.165, 1.54) is 11.3 Å². The molecule has 1 aromatic rings. The van der Waals surface area contributed by atoms with Crippen LogP contribution in [-0.2, 0) is 6.54 Å². The summed E-state index contributed by atoms with van der Waals surface area (Å²) in [6, 6.07) is 6.15. The summed E-state index contributed by atoms with van der Waals surface area (Å²) in [6.45, 7) is 12.6. The smallest absolute Gasteiger partial charge is 0.120 e. The van der Waals surface area contributed by atoms with Gasteiger partial charge >= 0.3 is 0 Å². The van der Waals surface area contributed by atoms with Crippen LogP contribution in [0, 0.1) is 0 Å². The van der Waals surface area contributed by atoms with Crippen molar-refractivity contribution in [3.63, 3.8) is 0 Å². The highest BCUT2D eigenvalue weighted by Gasteiger charge is 2.11. The first-order valence-corrected chi connectivity index (χ1v) is 8.04. The highest BCUT2D eigenvalue weighted by atomic mass is 16.5. The van der Waals surface area contributed by atoms with E-state index in [9.17, 15) is 0 Å². The minimum Gasteiger partial charge on any atom is -0.497 e. The van der Waals surface area contributed by atoms with Crippen LogP contribution in [0.3, 0.4) is 0 Å². The van der Waals surface area contributed by atoms with Crippen LogP contribution in [0.1, 0.15) is 32.8 Å². The molecule has 0 radical (unpaired) electrons. The summed E-state index contributed by atoms with van der Waals surface area (Å²) in [5.74, 6) is 0.893. The molecule has 0 spiro atoms. The van der Waals surface area contributed by atoms with Gasteiger partial charge in [-0.05, 0) is 44.6 Å². The molecule has 0 aliphatic carbocycles. The second kappa shape index (κ2) is 9.64. The first-order chi connectivity index (χ1) is 10.2. The monoisotopic (exact) mass is 293 g/mol. The molecule has 0 aliphatic heterocycles. The van der Waals surface area contributed by atoms with Crippen LogP contribution in [0.15, 0.2) is 18.2 Å². The topological polar surface area (TPSA) is 41.7 Å². The maximum Gasteiger partial charge on any atom is 0.120 e. The van der Waals surface area contributed by atoms with Crippen LogP contribution in [-0.4, -0.2) is 44.7 Å². The van der Waals surface area contributed by atoms with Crippen LogP contribution in [0.4, 0.5) is 5.69 Å². The molecular weight excluding hydrogens is 262 g/mol. The lowest BCUT2D eigenvalue weighted by molar-refractivity contribution is 0.300. The van der Waals surface area contributed by atoms with Gasteiger partial charge < -0.3 is 20.3 Å². The van der Waals surface area contributed by atoms with Gasteiger partial charge in [-0.3, -0.25) is 0 Å². The molecule has 0 aliphatic rings. The second-order valence-electron chi connectivity index (χ2n) is 5.16. The summed E-state index contributed by atoms with van der Waals surface area (Å²) in [6.07, 6.45) is 1.16. The number of anilines is 1. The molecule has 0 unspecified atom stereocenters. The van der Waals surface area contributed by atoms with Gasteiger partial charge in [0.2, 0.25) is 0 Å². The Labute approximate surface area is 129 Å². The standard InChI is InChI=1S/C17H31N3O/c1-5-19(6-2)11-8-12-20(7-3)17-13-16(21-4)10-9-15(17)14-18/h9-10,13H,5-8,11-12,14,18H2,1-4H3. The number of benzene rings is 1. The van der Waals surface area contributed by atoms with Gasteiger partial charge in [-0.25, -0.2) is 0 Å². The molecule has 21 heavy (non-hydrogen) atoms. The highest BCUT2D eigenvalue weighted by molar-refractivity contribution is 5.57. The third-order valence-electron chi connectivity index (χ3n) is 4.03. The SMILES string of the molecule is CCN(CC)CCCN(CC)c1cc(OC)ccc1CN. The number of rotatable bonds is 10. The lowest BCUT2D eigenvalue weighted by atomic mass is 10.1. The van der Waals surface area contributed by atoms with E-state index < -0.39 is 0 Å². The zero-order chi connectivity index (χ0) is 15.7. The van der Waals surface area contributed by atoms with Crippen LogP contribution in [0.5, 0.6) is 5.75 Å². The molecule has 0 saturated heterocycles. The first kappa shape index (κ1) is 17.8. The van der Waals surface area contributed by atoms with Gasteiger partial charge in [0, 0.05) is 31.4 Å². The van der Waals surface area contributed by atoms with Gasteiger partial charge in [-0.1, -0.05) is 19.9 Å². The number of hydrogen-bond donors (Lipinski definition) is 1. The van der Waals surface area contributed by atoms with Gasteiger partial charge in [0.15, 0.2) is 0 Å². The average molecular weight is 293 g/mol. The highest BCUT2D eigenvalue weighted by Crippen LogP contribution is 2.26. The molecule has 4 heteroatoms. The van der Waals surface area contributed by atoms with E-state index in [4.69, 9.17) is 10.5 Å². The molecule has 4 nitrogen and oxygen atoms in total. The summed E-state index contributed by atoms with van der Waals surface area (Å²) in [4.78, 5) is 4.86. The summed E-state index contributed by atoms with van der Waals surface area (Å²) < 4.78 is 5.35. The van der Waals surface area contributed by atoms with Crippen LogP contribution >= 0.6 is 0 Å². The minimum atomic E-state index is 0.561. The van der Waals surface area contributed by atoms with Crippen LogP contribution < -0.4 is 15.4 Å². The molecule has 0 fully saturated rings. The van der Waals surface area contributed by atoms with E-state index in [-0.39, 0.29) is 0 Å². The van der Waals surface area contributed by atoms with Gasteiger partial charge in [0.1, 0.15) is 5.75 Å². The number of methoxy groups -OCH3 is 1. The van der Waals surface area contributed by atoms with E-state index in [2.05, 4.69) is 42.7 Å². The maximum atomic E-state index is 5.88. The van der Waals surface area contributed by atoms with Crippen molar-refractivity contribution in [2.45, 2.75) is 33.7 Å². The molecule has 2 N–H and O–H groups in total. The van der Waals surface area contributed by atoms with Crippen molar-refractivity contribution < 1.29 is 4.74 Å². The predicted molar refractivity (Wildman–Crippen MR) is 91.2 cm³/mol. The second-order valence-corrected chi connectivity index (χ2v) is 5.16. The van der Waals surface area contributed by atoms with Gasteiger partial charge in [0.25, 0.3) is 0 Å². The quantitative estimate of drug-likeness (QED) is 0.720. The Morgan fingerprint density at radius 1 is 1.05 bits per heavy atom. The molecular formula is C17H31N3O. The van der Waals surface area contributed by atoms with Crippen molar-refractivity contribution in [3.05, 3.63) is 23.8 Å². The van der Waals surface area contributed by atoms with E-state index >= 15 is 0 Å². The summed E-state index contributed by atoms with van der Waals surface area (Å²) >= 11 is 0. The molecule has 120 valence electrons. The molecule has 0 bridgehead atoms. The number of hydrogen-bond acceptors (Lipinski definition) is 4. The summed E-state index contributed by atoms with van der Waals surface area (Å²) in [5.41, 5.74) is 8.27. The zero-order valence-electron chi connectivity index (χ0n) is 14.1. The van der Waals surface area contributed by atoms with E-state index in [0.29, 0.717) is 6.54 Å². The van der Waals surface area contributed by atoms with E-state index in [1.807, 2.05) is 6.07 Å². The largest absolute Gasteiger partial charge is 0.497 e. The Hall–Kier alpha value is -1.26. The van der Waals surface area contributed by atoms with Crippen molar-refractivity contribution >= 4 is 5.69 Å². The van der Waals surface area contributed by atoms with Crippen molar-refractivity contribution in [1.82, 2.24) is 4.90 Å². The number of nitrogens with zero attached hydrogens (tertiary/aromatic N) is 2. The molecule has 0 atom stereocenters. The Bertz CT molecular complexity index is 405. The molecule has 1 rings (SSSR count). The fourth-order valence-electron chi connectivity index (χ4n) is 2.61. The molecule has 0 aromatic heterocycles. The molecule has 0 saturated carbocycles. The van der Waals surface area contributed by atoms with E-state index in [0.717, 1.165) is 44.9 Å². The number of nitrogens with two attached hydrogens (primary N) is 1. The lowest BCUT2D eigenvalue weighted by Crippen LogP contribution is -2.30. The Morgan fingerprint density at radius 2 is 1.76 bits per heavy atom. The van der Waals surface area contributed by atoms with Gasteiger partial charge in [0.05, 0.1) is 7.11 Å². The molecule has 0 amide bonds. The third kappa shape index (κ3) is 5.21. The maximum absolute atomic E-state index is 5.88. The van der Waals surface area contributed by atoms with Crippen molar-refractivity contribution in [2.24, 2.45) is 5.73 Å². The zero-order valence-corrected chi connectivity index (χ0v) is 14.1. The number of ether oxygens (including phenoxy) is 1. The third-order valence-corrected chi connectivity index (χ3v) is 4.03. The predicted octanol–water partition coefficient (Wildman–Crippen LogP) is 2.71. The summed E-state index contributed by atoms with van der Waals surface area (Å²) in [7, 11) is 1.71. The Balaban J connectivity index is 2.74. The van der Waals surface area contributed by atoms with Crippen LogP contribution in [0.25, 0.3) is 0 Å². The van der Waals surface area contributed by atoms with Crippen molar-refractivity contribution in [1.29, 1.82) is 0 Å². The molecule has 0 heterocycles. The fraction of sp³-hybridized carbons (Fsp3) is 0.647. The Morgan fingerprint density at radius 3 is 2.29 bits per heavy atom. The lowest BCUT2D eigenvalue weighted by Gasteiger charge is -2.27. The van der Waals surface area contributed by atoms with E-state index in [1.54, 1.807) is 7.11 Å². The van der Waals surface area contributed by atoms with Crippen molar-refractivity contribution in [2.75, 3.05) is 44.7 Å². The Kier molecular flexibility index (Phi) is 8.16. The summed E-state index contributed by atoms with van der Waals surface area (Å²) in [5, 5.41) is 0. The van der Waals surface area contributed by atoms with Crippen LogP contribution in [0.2, 0.25) is 0 Å². The normalized spacial score (nSPS) is 11.0. The van der Waals surface area contributed by atoms with Gasteiger partial charge in [-0.2, -0.15) is 0 Å². The molecule has 1 aromatic carbocycles. The fourth-order valence-corrected chi connectivity index (χ4v) is 2.61. The first-order valence-electron chi connectivity index (χ1n) is 8.04. The minimum absolute atomic E-state index is 0.561. The van der Waals surface area contributed by atoms with Crippen molar-refractivity contribution in [3.8, 4) is 5.75 Å². The average Bonchev–Trinajstić information content (AvgIpc) is 2.54. The van der Waals surface area contributed by atoms with Gasteiger partial charge in [-0.15, -0.1) is 0 Å².